The Morgan fingerprint density at radius 1 is 0.526 bits per heavy atom. The van der Waals surface area contributed by atoms with Crippen molar-refractivity contribution < 1.29 is 16.8 Å². The van der Waals surface area contributed by atoms with Crippen LogP contribution in [0, 0.1) is 0 Å². The summed E-state index contributed by atoms with van der Waals surface area (Å²) in [7, 11) is -7.97. The molecule has 0 aliphatic carbocycles. The molecule has 188 valence electrons. The molecule has 38 heavy (non-hydrogen) atoms. The van der Waals surface area contributed by atoms with Crippen LogP contribution in [-0.4, -0.2) is 31.6 Å². The first-order valence-corrected chi connectivity index (χ1v) is 15.2. The van der Waals surface area contributed by atoms with Crippen LogP contribution in [0.4, 0.5) is 0 Å². The van der Waals surface area contributed by atoms with Gasteiger partial charge in [0, 0.05) is 20.9 Å². The molecule has 7 nitrogen and oxygen atoms in total. The van der Waals surface area contributed by atoms with Crippen LogP contribution in [0.1, 0.15) is 0 Å². The monoisotopic (exact) mass is 603 g/mol. The van der Waals surface area contributed by atoms with Crippen molar-refractivity contribution >= 4 is 57.4 Å². The zero-order chi connectivity index (χ0) is 26.5. The van der Waals surface area contributed by atoms with Crippen LogP contribution in [0.25, 0.3) is 27.5 Å². The quantitative estimate of drug-likeness (QED) is 0.239. The van der Waals surface area contributed by atoms with Gasteiger partial charge in [-0.25, -0.2) is 16.8 Å². The van der Waals surface area contributed by atoms with Gasteiger partial charge in [-0.3, -0.25) is 0 Å². The number of rotatable bonds is 5. The van der Waals surface area contributed by atoms with Gasteiger partial charge in [0.25, 0.3) is 0 Å². The van der Waals surface area contributed by atoms with Crippen molar-refractivity contribution in [2.24, 2.45) is 0 Å². The normalized spacial score (nSPS) is 12.2. The van der Waals surface area contributed by atoms with Crippen LogP contribution in [0.3, 0.4) is 0 Å². The fourth-order valence-corrected chi connectivity index (χ4v) is 6.95. The number of halogens is 1. The zero-order valence-corrected chi connectivity index (χ0v) is 22.8. The molecular weight excluding hydrogens is 586 g/mol. The summed E-state index contributed by atoms with van der Waals surface area (Å²) in [5, 5.41) is 9.03. The molecule has 0 bridgehead atoms. The first-order valence-electron chi connectivity index (χ1n) is 11.4. The van der Waals surface area contributed by atoms with Gasteiger partial charge < -0.3 is 4.57 Å². The Bertz CT molecular complexity index is 1980. The van der Waals surface area contributed by atoms with Gasteiger partial charge in [-0.2, -0.15) is 0 Å². The zero-order valence-electron chi connectivity index (χ0n) is 19.6. The van der Waals surface area contributed by atoms with Crippen molar-refractivity contribution in [2.45, 2.75) is 19.8 Å². The first-order chi connectivity index (χ1) is 18.3. The Balaban J connectivity index is 1.35. The number of para-hydroxylation sites is 2. The molecule has 6 rings (SSSR count). The van der Waals surface area contributed by atoms with Crippen LogP contribution >= 0.6 is 15.9 Å². The van der Waals surface area contributed by atoms with E-state index in [0.717, 1.165) is 44.1 Å². The van der Waals surface area contributed by atoms with Gasteiger partial charge in [0.15, 0.2) is 10.1 Å². The molecule has 0 saturated carbocycles. The smallest absolute Gasteiger partial charge is 0.225 e. The van der Waals surface area contributed by atoms with Crippen molar-refractivity contribution in [2.75, 3.05) is 0 Å². The minimum absolute atomic E-state index is 0.0276. The van der Waals surface area contributed by atoms with Gasteiger partial charge >= 0.3 is 0 Å². The Hall–Kier alpha value is -3.86. The van der Waals surface area contributed by atoms with E-state index in [1.165, 1.54) is 24.3 Å². The van der Waals surface area contributed by atoms with Gasteiger partial charge in [0.05, 0.1) is 20.8 Å². The number of hydrogen-bond donors (Lipinski definition) is 0. The maximum Gasteiger partial charge on any atom is 0.225 e. The molecule has 10 heteroatoms. The van der Waals surface area contributed by atoms with Gasteiger partial charge in [-0.15, -0.1) is 10.2 Å². The van der Waals surface area contributed by atoms with Crippen molar-refractivity contribution in [1.29, 1.82) is 0 Å². The minimum Gasteiger partial charge on any atom is -0.309 e. The highest BCUT2D eigenvalue weighted by Crippen LogP contribution is 2.32. The topological polar surface area (TPSA) is 99.0 Å². The van der Waals surface area contributed by atoms with Crippen LogP contribution in [-0.2, 0) is 19.7 Å². The van der Waals surface area contributed by atoms with Crippen LogP contribution in [0.2, 0.25) is 0 Å². The lowest BCUT2D eigenvalue weighted by Crippen LogP contribution is -2.10. The molecule has 2 heterocycles. The van der Waals surface area contributed by atoms with E-state index in [-0.39, 0.29) is 19.8 Å². The molecule has 0 amide bonds. The second-order valence-corrected chi connectivity index (χ2v) is 13.2. The third-order valence-electron chi connectivity index (χ3n) is 6.28. The third kappa shape index (κ3) is 4.01. The average Bonchev–Trinajstić information content (AvgIpc) is 3.28. The van der Waals surface area contributed by atoms with Crippen molar-refractivity contribution in [3.05, 3.63) is 114 Å². The molecule has 6 aromatic rings. The molecule has 0 saturated heterocycles. The maximum absolute atomic E-state index is 13.3. The van der Waals surface area contributed by atoms with E-state index in [1.807, 2.05) is 36.4 Å². The summed E-state index contributed by atoms with van der Waals surface area (Å²) in [6.07, 6.45) is 0. The van der Waals surface area contributed by atoms with Crippen molar-refractivity contribution in [1.82, 2.24) is 14.8 Å². The van der Waals surface area contributed by atoms with Crippen LogP contribution in [0.5, 0.6) is 0 Å². The van der Waals surface area contributed by atoms with Gasteiger partial charge in [0.1, 0.15) is 0 Å². The molecule has 0 unspecified atom stereocenters. The average molecular weight is 605 g/mol. The van der Waals surface area contributed by atoms with Crippen molar-refractivity contribution in [3.8, 4) is 5.69 Å². The second-order valence-electron chi connectivity index (χ2n) is 8.53. The summed E-state index contributed by atoms with van der Waals surface area (Å²) in [5.41, 5.74) is 2.83. The molecule has 2 aromatic heterocycles. The van der Waals surface area contributed by atoms with Gasteiger partial charge in [-0.1, -0.05) is 52.3 Å². The molecule has 0 aliphatic rings. The Morgan fingerprint density at radius 2 is 0.947 bits per heavy atom. The number of hydrogen-bond acceptors (Lipinski definition) is 6. The Morgan fingerprint density at radius 3 is 1.39 bits per heavy atom. The fraction of sp³-hybridized carbons (Fsp3) is 0. The Labute approximate surface area is 227 Å². The molecule has 0 N–H and O–H groups in total. The SMILES string of the molecule is O=S(=O)(c1ccc(Br)cc1)c1ccc(S(=O)(=O)c2ccc(-n3c4ccccc4c4ccccc43)cc2)nn1. The molecule has 0 aliphatic heterocycles. The number of benzene rings is 4. The van der Waals surface area contributed by atoms with Gasteiger partial charge in [0.2, 0.25) is 19.7 Å². The van der Waals surface area contributed by atoms with E-state index < -0.39 is 19.7 Å². The predicted molar refractivity (Wildman–Crippen MR) is 148 cm³/mol. The lowest BCUT2D eigenvalue weighted by Gasteiger charge is -2.10. The summed E-state index contributed by atoms with van der Waals surface area (Å²) < 4.78 is 55.0. The molecule has 4 aromatic carbocycles. The fourth-order valence-electron chi connectivity index (χ4n) is 4.42. The molecular formula is C28H18BrN3O4S2. The van der Waals surface area contributed by atoms with E-state index in [0.29, 0.717) is 0 Å². The lowest BCUT2D eigenvalue weighted by molar-refractivity contribution is 0.580. The number of nitrogens with zero attached hydrogens (tertiary/aromatic N) is 3. The highest BCUT2D eigenvalue weighted by atomic mass is 79.9. The lowest BCUT2D eigenvalue weighted by atomic mass is 10.2. The number of sulfone groups is 2. The number of fused-ring (bicyclic) bond motifs is 3. The maximum atomic E-state index is 13.3. The highest BCUT2D eigenvalue weighted by Gasteiger charge is 2.24. The van der Waals surface area contributed by atoms with E-state index >= 15 is 0 Å². The molecule has 0 spiro atoms. The van der Waals surface area contributed by atoms with Crippen molar-refractivity contribution in [3.63, 3.8) is 0 Å². The summed E-state index contributed by atoms with van der Waals surface area (Å²) in [4.78, 5) is 0.0612. The summed E-state index contributed by atoms with van der Waals surface area (Å²) in [6, 6.07) is 31.0. The highest BCUT2D eigenvalue weighted by molar-refractivity contribution is 9.10. The molecule has 0 radical (unpaired) electrons. The van der Waals surface area contributed by atoms with Gasteiger partial charge in [-0.05, 0) is 72.8 Å². The molecule has 0 fully saturated rings. The summed E-state index contributed by atoms with van der Waals surface area (Å²) >= 11 is 3.27. The molecule has 0 atom stereocenters. The van der Waals surface area contributed by atoms with E-state index in [2.05, 4.69) is 42.8 Å². The van der Waals surface area contributed by atoms with Crippen LogP contribution in [0.15, 0.2) is 134 Å². The minimum atomic E-state index is -4.03. The van der Waals surface area contributed by atoms with Crippen LogP contribution < -0.4 is 0 Å². The third-order valence-corrected chi connectivity index (χ3v) is 10.1. The summed E-state index contributed by atoms with van der Waals surface area (Å²) in [5.74, 6) is 0. The van der Waals surface area contributed by atoms with E-state index in [4.69, 9.17) is 0 Å². The second kappa shape index (κ2) is 9.16. The first kappa shape index (κ1) is 24.5. The summed E-state index contributed by atoms with van der Waals surface area (Å²) in [6.45, 7) is 0. The number of aromatic nitrogens is 3. The largest absolute Gasteiger partial charge is 0.309 e. The van der Waals surface area contributed by atoms with E-state index in [1.54, 1.807) is 24.3 Å². The Kier molecular flexibility index (Phi) is 5.90. The predicted octanol–water partition coefficient (Wildman–Crippen LogP) is 6.00. The van der Waals surface area contributed by atoms with E-state index in [9.17, 15) is 16.8 Å². The standard InChI is InChI=1S/C28H18BrN3O4S2/c29-19-9-13-21(14-10-19)37(33,34)27-17-18-28(31-30-27)38(35,36)22-15-11-20(12-16-22)32-25-7-3-1-5-23(25)24-6-2-4-8-26(24)32/h1-18H.